The van der Waals surface area contributed by atoms with Gasteiger partial charge in [-0.15, -0.1) is 0 Å². The molecule has 0 aliphatic carbocycles. The van der Waals surface area contributed by atoms with Gasteiger partial charge in [-0.2, -0.15) is 0 Å². The van der Waals surface area contributed by atoms with E-state index in [1.165, 1.54) is 0 Å². The van der Waals surface area contributed by atoms with E-state index in [1.54, 1.807) is 31.4 Å². The van der Waals surface area contributed by atoms with Crippen LogP contribution in [0.4, 0.5) is 11.4 Å². The summed E-state index contributed by atoms with van der Waals surface area (Å²) in [4.78, 5) is 24.3. The summed E-state index contributed by atoms with van der Waals surface area (Å²) >= 11 is 0. The molecular weight excluding hydrogens is 410 g/mol. The van der Waals surface area contributed by atoms with E-state index in [1.807, 2.05) is 24.3 Å². The van der Waals surface area contributed by atoms with Crippen LogP contribution in [0, 0.1) is 0 Å². The summed E-state index contributed by atoms with van der Waals surface area (Å²) in [7, 11) is 1.63. The number of hydrogen-bond acceptors (Lipinski definition) is 6. The van der Waals surface area contributed by atoms with Gasteiger partial charge in [0.15, 0.2) is 0 Å². The van der Waals surface area contributed by atoms with E-state index in [0.717, 1.165) is 37.3 Å². The zero-order valence-corrected chi connectivity index (χ0v) is 18.4. The number of carbonyl (C=O) groups is 2. The molecule has 8 nitrogen and oxygen atoms in total. The van der Waals surface area contributed by atoms with Gasteiger partial charge in [-0.25, -0.2) is 0 Å². The molecule has 0 saturated carbocycles. The first-order valence-corrected chi connectivity index (χ1v) is 10.9. The number of anilines is 2. The second-order valence-corrected chi connectivity index (χ2v) is 7.55. The lowest BCUT2D eigenvalue weighted by Crippen LogP contribution is -2.25. The topological polar surface area (TPSA) is 97.9 Å². The lowest BCUT2D eigenvalue weighted by Gasteiger charge is -2.12. The lowest BCUT2D eigenvalue weighted by molar-refractivity contribution is -0.114. The summed E-state index contributed by atoms with van der Waals surface area (Å²) < 4.78 is 16.2. The number of amides is 2. The van der Waals surface area contributed by atoms with Gasteiger partial charge in [-0.1, -0.05) is 0 Å². The average molecular weight is 442 g/mol. The van der Waals surface area contributed by atoms with Crippen molar-refractivity contribution >= 4 is 23.2 Å². The molecule has 0 aromatic heterocycles. The Balaban J connectivity index is 1.37. The minimum absolute atomic E-state index is 0.111. The van der Waals surface area contributed by atoms with Gasteiger partial charge in [-0.05, 0) is 67.8 Å². The smallest absolute Gasteiger partial charge is 0.251 e. The Morgan fingerprint density at radius 2 is 1.81 bits per heavy atom. The fourth-order valence-corrected chi connectivity index (χ4v) is 3.25. The van der Waals surface area contributed by atoms with Crippen molar-refractivity contribution < 1.29 is 23.8 Å². The molecule has 1 unspecified atom stereocenters. The van der Waals surface area contributed by atoms with Gasteiger partial charge in [0.05, 0.1) is 12.6 Å². The fourth-order valence-electron chi connectivity index (χ4n) is 3.25. The Morgan fingerprint density at radius 1 is 1.06 bits per heavy atom. The molecule has 1 aliphatic rings. The van der Waals surface area contributed by atoms with Crippen molar-refractivity contribution in [1.29, 1.82) is 0 Å². The first kappa shape index (κ1) is 23.6. The molecule has 0 bridgehead atoms. The van der Waals surface area contributed by atoms with Crippen molar-refractivity contribution in [3.8, 4) is 5.75 Å². The minimum atomic E-state index is -0.169. The number of hydrogen-bond donors (Lipinski definition) is 3. The average Bonchev–Trinajstić information content (AvgIpc) is 3.34. The number of nitrogens with one attached hydrogen (secondary N) is 3. The van der Waals surface area contributed by atoms with E-state index in [-0.39, 0.29) is 24.5 Å². The van der Waals surface area contributed by atoms with Crippen LogP contribution in [0.2, 0.25) is 0 Å². The second-order valence-electron chi connectivity index (χ2n) is 7.55. The molecule has 8 heteroatoms. The van der Waals surface area contributed by atoms with Crippen LogP contribution in [0.3, 0.4) is 0 Å². The first-order chi connectivity index (χ1) is 15.6. The normalized spacial score (nSPS) is 15.2. The van der Waals surface area contributed by atoms with Crippen LogP contribution in [-0.2, 0) is 14.3 Å². The number of ether oxygens (including phenoxy) is 3. The summed E-state index contributed by atoms with van der Waals surface area (Å²) in [6.07, 6.45) is 3.06. The van der Waals surface area contributed by atoms with E-state index in [9.17, 15) is 9.59 Å². The molecule has 32 heavy (non-hydrogen) atoms. The molecule has 2 aromatic carbocycles. The monoisotopic (exact) mass is 441 g/mol. The summed E-state index contributed by atoms with van der Waals surface area (Å²) in [5.41, 5.74) is 2.02. The van der Waals surface area contributed by atoms with Gasteiger partial charge in [-0.3, -0.25) is 9.59 Å². The third-order valence-corrected chi connectivity index (χ3v) is 5.01. The van der Waals surface area contributed by atoms with Crippen LogP contribution < -0.4 is 20.7 Å². The van der Waals surface area contributed by atoms with Crippen molar-refractivity contribution in [1.82, 2.24) is 5.32 Å². The molecule has 1 heterocycles. The van der Waals surface area contributed by atoms with Crippen molar-refractivity contribution in [2.45, 2.75) is 25.4 Å². The maximum atomic E-state index is 12.2. The largest absolute Gasteiger partial charge is 0.491 e. The van der Waals surface area contributed by atoms with E-state index < -0.39 is 0 Å². The van der Waals surface area contributed by atoms with Crippen molar-refractivity contribution in [2.75, 3.05) is 50.7 Å². The molecule has 2 aromatic rings. The van der Waals surface area contributed by atoms with Crippen molar-refractivity contribution in [3.05, 3.63) is 54.1 Å². The molecule has 3 N–H and O–H groups in total. The molecule has 1 aliphatic heterocycles. The molecule has 1 saturated heterocycles. The predicted octanol–water partition coefficient (Wildman–Crippen LogP) is 3.06. The first-order valence-electron chi connectivity index (χ1n) is 10.9. The van der Waals surface area contributed by atoms with Crippen LogP contribution in [0.5, 0.6) is 5.75 Å². The predicted molar refractivity (Wildman–Crippen MR) is 123 cm³/mol. The zero-order chi connectivity index (χ0) is 22.6. The third kappa shape index (κ3) is 7.86. The molecule has 1 atom stereocenters. The Kier molecular flexibility index (Phi) is 9.34. The molecular formula is C24H31N3O5. The van der Waals surface area contributed by atoms with Gasteiger partial charge >= 0.3 is 0 Å². The zero-order valence-electron chi connectivity index (χ0n) is 18.4. The van der Waals surface area contributed by atoms with Gasteiger partial charge < -0.3 is 30.2 Å². The van der Waals surface area contributed by atoms with Gasteiger partial charge in [0.25, 0.3) is 5.91 Å². The number of carbonyl (C=O) groups excluding carboxylic acids is 2. The summed E-state index contributed by atoms with van der Waals surface area (Å²) in [6.45, 7) is 2.64. The van der Waals surface area contributed by atoms with E-state index in [0.29, 0.717) is 31.0 Å². The SMILES string of the molecule is COCCCNC(=O)c1ccc(NCC(=O)Nc2ccc(OCC3CCCO3)cc2)cc1. The molecule has 1 fully saturated rings. The number of benzene rings is 2. The molecule has 2 amide bonds. The molecule has 0 radical (unpaired) electrons. The minimum Gasteiger partial charge on any atom is -0.491 e. The number of rotatable bonds is 12. The highest BCUT2D eigenvalue weighted by molar-refractivity contribution is 5.95. The van der Waals surface area contributed by atoms with Crippen LogP contribution in [0.15, 0.2) is 48.5 Å². The standard InChI is InChI=1S/C24H31N3O5/c1-30-14-3-13-25-24(29)18-5-7-19(8-6-18)26-16-23(28)27-20-9-11-21(12-10-20)32-17-22-4-2-15-31-22/h5-12,22,26H,2-4,13-17H2,1H3,(H,25,29)(H,27,28). The highest BCUT2D eigenvalue weighted by Crippen LogP contribution is 2.18. The molecule has 3 rings (SSSR count). The third-order valence-electron chi connectivity index (χ3n) is 5.01. The maximum Gasteiger partial charge on any atom is 0.251 e. The van der Waals surface area contributed by atoms with Crippen LogP contribution in [0.25, 0.3) is 0 Å². The Bertz CT molecular complexity index is 849. The summed E-state index contributed by atoms with van der Waals surface area (Å²) in [6, 6.07) is 14.3. The van der Waals surface area contributed by atoms with Crippen molar-refractivity contribution in [3.63, 3.8) is 0 Å². The van der Waals surface area contributed by atoms with Gasteiger partial charge in [0.1, 0.15) is 12.4 Å². The van der Waals surface area contributed by atoms with Crippen molar-refractivity contribution in [2.24, 2.45) is 0 Å². The maximum absolute atomic E-state index is 12.2. The van der Waals surface area contributed by atoms with E-state index in [2.05, 4.69) is 16.0 Å². The second kappa shape index (κ2) is 12.7. The number of methoxy groups -OCH3 is 1. The van der Waals surface area contributed by atoms with Gasteiger partial charge in [0, 0.05) is 43.8 Å². The Morgan fingerprint density at radius 3 is 2.50 bits per heavy atom. The molecule has 172 valence electrons. The highest BCUT2D eigenvalue weighted by Gasteiger charge is 2.16. The highest BCUT2D eigenvalue weighted by atomic mass is 16.5. The van der Waals surface area contributed by atoms with E-state index in [4.69, 9.17) is 14.2 Å². The Hall–Kier alpha value is -3.10. The fraction of sp³-hybridized carbons (Fsp3) is 0.417. The van der Waals surface area contributed by atoms with Crippen LogP contribution >= 0.6 is 0 Å². The summed E-state index contributed by atoms with van der Waals surface area (Å²) in [5, 5.41) is 8.74. The van der Waals surface area contributed by atoms with Crippen LogP contribution in [0.1, 0.15) is 29.6 Å². The quantitative estimate of drug-likeness (QED) is 0.438. The van der Waals surface area contributed by atoms with Gasteiger partial charge in [0.2, 0.25) is 5.91 Å². The lowest BCUT2D eigenvalue weighted by atomic mass is 10.2. The summed E-state index contributed by atoms with van der Waals surface area (Å²) in [5.74, 6) is 0.450. The molecule has 0 spiro atoms. The van der Waals surface area contributed by atoms with Crippen LogP contribution in [-0.4, -0.2) is 57.9 Å². The van der Waals surface area contributed by atoms with E-state index >= 15 is 0 Å². The Labute approximate surface area is 188 Å².